The van der Waals surface area contributed by atoms with Crippen LogP contribution in [-0.4, -0.2) is 29.6 Å². The molecule has 0 amide bonds. The second-order valence-electron chi connectivity index (χ2n) is 2.52. The Labute approximate surface area is 84.9 Å². The molecular formula is C9H12Na. The first-order chi connectivity index (χ1) is 4.18. The Morgan fingerprint density at radius 3 is 1.70 bits per heavy atom. The van der Waals surface area contributed by atoms with Crippen molar-refractivity contribution in [3.63, 3.8) is 0 Å². The summed E-state index contributed by atoms with van der Waals surface area (Å²) in [5.74, 6) is 0. The first-order valence-corrected chi connectivity index (χ1v) is 3.15. The average Bonchev–Trinajstić information content (AvgIpc) is 1.59. The summed E-state index contributed by atoms with van der Waals surface area (Å²) >= 11 is 0. The third kappa shape index (κ3) is 2.87. The summed E-state index contributed by atoms with van der Waals surface area (Å²) in [5.41, 5.74) is 3.78. The van der Waals surface area contributed by atoms with Gasteiger partial charge in [-0.25, -0.2) is 0 Å². The van der Waals surface area contributed by atoms with Crippen LogP contribution in [0.4, 0.5) is 0 Å². The molecule has 0 fully saturated rings. The number of aryl methyl sites for hydroxylation is 3. The second kappa shape index (κ2) is 4.17. The Morgan fingerprint density at radius 2 is 1.40 bits per heavy atom. The maximum atomic E-state index is 3.21. The third-order valence-corrected chi connectivity index (χ3v) is 1.28. The van der Waals surface area contributed by atoms with Crippen LogP contribution in [0.15, 0.2) is 12.1 Å². The van der Waals surface area contributed by atoms with E-state index in [1.165, 1.54) is 16.7 Å². The molecule has 0 N–H and O–H groups in total. The summed E-state index contributed by atoms with van der Waals surface area (Å²) in [6.07, 6.45) is 0. The molecule has 1 radical (unpaired) electrons. The molecule has 1 aromatic rings. The summed E-state index contributed by atoms with van der Waals surface area (Å²) in [4.78, 5) is 0. The van der Waals surface area contributed by atoms with E-state index in [0.29, 0.717) is 0 Å². The Bertz CT molecular complexity index is 165. The van der Waals surface area contributed by atoms with Gasteiger partial charge in [0.25, 0.3) is 0 Å². The van der Waals surface area contributed by atoms with Crippen molar-refractivity contribution in [3.8, 4) is 0 Å². The standard InChI is InChI=1S/C9H11.Na.H/c1-7-4-8(2)6-9(3)5-7;;/h4-5H,1-3H3;;. The van der Waals surface area contributed by atoms with Gasteiger partial charge < -0.3 is 0 Å². The number of benzene rings is 1. The molecule has 0 atom stereocenters. The first-order valence-electron chi connectivity index (χ1n) is 3.15. The monoisotopic (exact) mass is 143 g/mol. The van der Waals surface area contributed by atoms with Gasteiger partial charge >= 0.3 is 29.6 Å². The van der Waals surface area contributed by atoms with Crippen molar-refractivity contribution >= 4 is 29.6 Å². The Kier molecular flexibility index (Phi) is 4.26. The van der Waals surface area contributed by atoms with Crippen LogP contribution in [0.1, 0.15) is 16.7 Å². The van der Waals surface area contributed by atoms with E-state index in [1.54, 1.807) is 0 Å². The number of hydrogen-bond donors (Lipinski definition) is 0. The summed E-state index contributed by atoms with van der Waals surface area (Å²) < 4.78 is 0. The molecule has 10 heavy (non-hydrogen) atoms. The molecule has 0 saturated carbocycles. The summed E-state index contributed by atoms with van der Waals surface area (Å²) in [7, 11) is 0. The Balaban J connectivity index is 0.000000810. The molecule has 0 heterocycles. The van der Waals surface area contributed by atoms with Gasteiger partial charge in [0.15, 0.2) is 0 Å². The zero-order valence-electron chi connectivity index (χ0n) is 6.15. The van der Waals surface area contributed by atoms with Crippen LogP contribution in [-0.2, 0) is 0 Å². The fourth-order valence-corrected chi connectivity index (χ4v) is 1.11. The Morgan fingerprint density at radius 1 is 1.00 bits per heavy atom. The quantitative estimate of drug-likeness (QED) is 0.485. The normalized spacial score (nSPS) is 8.70. The van der Waals surface area contributed by atoms with E-state index in [0.717, 1.165) is 0 Å². The van der Waals surface area contributed by atoms with E-state index in [2.05, 4.69) is 39.0 Å². The van der Waals surface area contributed by atoms with Crippen LogP contribution in [0.2, 0.25) is 0 Å². The molecule has 0 aromatic heterocycles. The van der Waals surface area contributed by atoms with E-state index in [4.69, 9.17) is 0 Å². The van der Waals surface area contributed by atoms with Gasteiger partial charge in [-0.3, -0.25) is 0 Å². The predicted octanol–water partition coefficient (Wildman–Crippen LogP) is 1.76. The van der Waals surface area contributed by atoms with Gasteiger partial charge in [-0.15, -0.1) is 0 Å². The molecule has 1 heteroatoms. The first kappa shape index (κ1) is 10.2. The molecule has 1 aromatic carbocycles. The predicted molar refractivity (Wildman–Crippen MR) is 46.6 cm³/mol. The molecule has 0 aliphatic rings. The van der Waals surface area contributed by atoms with Crippen LogP contribution in [0, 0.1) is 26.8 Å². The SMILES string of the molecule is Cc1[c]c(C)cc(C)c1.[NaH]. The van der Waals surface area contributed by atoms with Crippen molar-refractivity contribution in [2.24, 2.45) is 0 Å². The summed E-state index contributed by atoms with van der Waals surface area (Å²) in [6.45, 7) is 6.24. The van der Waals surface area contributed by atoms with Gasteiger partial charge in [0.1, 0.15) is 0 Å². The van der Waals surface area contributed by atoms with Crippen molar-refractivity contribution in [2.45, 2.75) is 20.8 Å². The molecule has 0 nitrogen and oxygen atoms in total. The van der Waals surface area contributed by atoms with Gasteiger partial charge in [-0.2, -0.15) is 0 Å². The van der Waals surface area contributed by atoms with E-state index in [9.17, 15) is 0 Å². The minimum atomic E-state index is 0. The molecule has 49 valence electrons. The molecule has 0 spiro atoms. The molecule has 0 bridgehead atoms. The van der Waals surface area contributed by atoms with Crippen molar-refractivity contribution in [3.05, 3.63) is 34.9 Å². The molecule has 0 aliphatic carbocycles. The van der Waals surface area contributed by atoms with E-state index >= 15 is 0 Å². The van der Waals surface area contributed by atoms with E-state index < -0.39 is 0 Å². The minimum absolute atomic E-state index is 0. The fourth-order valence-electron chi connectivity index (χ4n) is 1.11. The van der Waals surface area contributed by atoms with Crippen molar-refractivity contribution in [2.75, 3.05) is 0 Å². The average molecular weight is 143 g/mol. The zero-order chi connectivity index (χ0) is 6.85. The van der Waals surface area contributed by atoms with Crippen molar-refractivity contribution in [1.82, 2.24) is 0 Å². The molecular weight excluding hydrogens is 131 g/mol. The Hall–Kier alpha value is 0.220. The van der Waals surface area contributed by atoms with E-state index in [-0.39, 0.29) is 29.6 Å². The van der Waals surface area contributed by atoms with Crippen molar-refractivity contribution < 1.29 is 0 Å². The maximum absolute atomic E-state index is 3.21. The number of hydrogen-bond acceptors (Lipinski definition) is 0. The topological polar surface area (TPSA) is 0 Å². The molecule has 0 saturated heterocycles. The molecule has 0 aliphatic heterocycles. The molecule has 0 unspecified atom stereocenters. The second-order valence-corrected chi connectivity index (χ2v) is 2.52. The van der Waals surface area contributed by atoms with E-state index in [1.807, 2.05) is 0 Å². The summed E-state index contributed by atoms with van der Waals surface area (Å²) in [6, 6.07) is 7.47. The van der Waals surface area contributed by atoms with Gasteiger partial charge in [0.2, 0.25) is 0 Å². The third-order valence-electron chi connectivity index (χ3n) is 1.28. The van der Waals surface area contributed by atoms with Gasteiger partial charge in [0.05, 0.1) is 0 Å². The fraction of sp³-hybridized carbons (Fsp3) is 0.333. The van der Waals surface area contributed by atoms with Crippen LogP contribution < -0.4 is 0 Å². The summed E-state index contributed by atoms with van der Waals surface area (Å²) in [5, 5.41) is 0. The molecule has 1 rings (SSSR count). The van der Waals surface area contributed by atoms with Gasteiger partial charge in [-0.05, 0) is 38.0 Å². The van der Waals surface area contributed by atoms with Crippen LogP contribution in [0.25, 0.3) is 0 Å². The van der Waals surface area contributed by atoms with Gasteiger partial charge in [0, 0.05) is 0 Å². The van der Waals surface area contributed by atoms with Gasteiger partial charge in [-0.1, -0.05) is 17.7 Å². The van der Waals surface area contributed by atoms with Crippen LogP contribution >= 0.6 is 0 Å². The number of rotatable bonds is 0. The zero-order valence-corrected chi connectivity index (χ0v) is 6.15. The van der Waals surface area contributed by atoms with Crippen molar-refractivity contribution in [1.29, 1.82) is 0 Å². The van der Waals surface area contributed by atoms with Crippen LogP contribution in [0.5, 0.6) is 0 Å². The van der Waals surface area contributed by atoms with Crippen LogP contribution in [0.3, 0.4) is 0 Å².